The van der Waals surface area contributed by atoms with Gasteiger partial charge >= 0.3 is 0 Å². The highest BCUT2D eigenvalue weighted by Crippen LogP contribution is 2.50. The summed E-state index contributed by atoms with van der Waals surface area (Å²) < 4.78 is 36.2. The van der Waals surface area contributed by atoms with Gasteiger partial charge in [0, 0.05) is 31.9 Å². The Morgan fingerprint density at radius 2 is 1.87 bits per heavy atom. The van der Waals surface area contributed by atoms with E-state index in [1.165, 1.54) is 25.4 Å². The molecule has 3 aromatic rings. The Balaban J connectivity index is 1.55. The number of rotatable bonds is 13. The van der Waals surface area contributed by atoms with Crippen molar-refractivity contribution < 1.29 is 27.2 Å². The monoisotopic (exact) mass is 559 g/mol. The first-order valence-electron chi connectivity index (χ1n) is 12.4. The van der Waals surface area contributed by atoms with E-state index in [1.54, 1.807) is 20.3 Å². The van der Waals surface area contributed by atoms with Gasteiger partial charge in [0.2, 0.25) is 15.9 Å². The van der Waals surface area contributed by atoms with E-state index in [9.17, 15) is 18.0 Å². The third kappa shape index (κ3) is 6.16. The number of hydrogen-bond acceptors (Lipinski definition) is 8. The van der Waals surface area contributed by atoms with E-state index < -0.39 is 27.0 Å². The molecule has 1 aromatic carbocycles. The molecule has 11 heteroatoms. The van der Waals surface area contributed by atoms with Crippen molar-refractivity contribution in [3.05, 3.63) is 69.6 Å². The van der Waals surface area contributed by atoms with E-state index in [2.05, 4.69) is 4.98 Å². The van der Waals surface area contributed by atoms with Gasteiger partial charge < -0.3 is 14.1 Å². The van der Waals surface area contributed by atoms with Gasteiger partial charge in [-0.1, -0.05) is 12.1 Å². The molecule has 1 saturated carbocycles. The van der Waals surface area contributed by atoms with Crippen LogP contribution in [0.5, 0.6) is 5.75 Å². The number of nitrogens with zero attached hydrogens (tertiary/aromatic N) is 3. The summed E-state index contributed by atoms with van der Waals surface area (Å²) >= 11 is 1.32. The van der Waals surface area contributed by atoms with Gasteiger partial charge in [0.15, 0.2) is 5.78 Å². The first-order valence-corrected chi connectivity index (χ1v) is 14.8. The minimum Gasteiger partial charge on any atom is -0.497 e. The van der Waals surface area contributed by atoms with Crippen LogP contribution in [0, 0.1) is 6.92 Å². The predicted octanol–water partition coefficient (Wildman–Crippen LogP) is 3.82. The van der Waals surface area contributed by atoms with E-state index in [-0.39, 0.29) is 18.1 Å². The summed E-state index contributed by atoms with van der Waals surface area (Å²) in [6.45, 7) is 2.49. The highest BCUT2D eigenvalue weighted by Gasteiger charge is 2.53. The Morgan fingerprint density at radius 1 is 1.16 bits per heavy atom. The number of Topliss-reactive ketones (excluding diaryl/α,β-unsaturated/α-hetero) is 1. The van der Waals surface area contributed by atoms with Gasteiger partial charge in [-0.3, -0.25) is 9.59 Å². The molecule has 0 aliphatic heterocycles. The van der Waals surface area contributed by atoms with Crippen LogP contribution in [-0.4, -0.2) is 67.8 Å². The Bertz CT molecular complexity index is 1370. The predicted molar refractivity (Wildman–Crippen MR) is 145 cm³/mol. The minimum absolute atomic E-state index is 0.0260. The molecule has 2 heterocycles. The Kier molecular flexibility index (Phi) is 8.39. The molecule has 0 unspecified atom stereocenters. The third-order valence-corrected chi connectivity index (χ3v) is 9.52. The molecule has 4 rings (SSSR count). The van der Waals surface area contributed by atoms with Crippen molar-refractivity contribution in [3.63, 3.8) is 0 Å². The number of carbonyl (C=O) groups is 2. The van der Waals surface area contributed by atoms with Crippen LogP contribution in [0.1, 0.15) is 51.0 Å². The van der Waals surface area contributed by atoms with Gasteiger partial charge in [-0.05, 0) is 56.0 Å². The smallest absolute Gasteiger partial charge is 0.233 e. The van der Waals surface area contributed by atoms with Crippen molar-refractivity contribution in [1.29, 1.82) is 0 Å². The van der Waals surface area contributed by atoms with Crippen LogP contribution >= 0.6 is 11.3 Å². The number of sulfonamides is 1. The lowest BCUT2D eigenvalue weighted by atomic mass is 9.94. The fourth-order valence-electron chi connectivity index (χ4n) is 4.42. The lowest BCUT2D eigenvalue weighted by Crippen LogP contribution is -2.39. The van der Waals surface area contributed by atoms with Crippen molar-refractivity contribution in [2.24, 2.45) is 0 Å². The van der Waals surface area contributed by atoms with Crippen LogP contribution < -0.4 is 4.74 Å². The number of ether oxygens (including phenoxy) is 1. The first-order chi connectivity index (χ1) is 18.1. The number of methoxy groups -OCH3 is 1. The molecule has 2 aromatic heterocycles. The SMILES string of the molecule is COc1ccc(C2(C(=O)N(CCCc3ccco3)Cc3nc(C(=O)CS(=O)(=O)N(C)C)c(C)s3)CC2)cc1. The van der Waals surface area contributed by atoms with Gasteiger partial charge in [-0.25, -0.2) is 17.7 Å². The molecule has 9 nitrogen and oxygen atoms in total. The molecular formula is C27H33N3O6S2. The maximum atomic E-state index is 14.0. The molecule has 0 bridgehead atoms. The van der Waals surface area contributed by atoms with Gasteiger partial charge in [0.05, 0.1) is 25.3 Å². The average Bonchev–Trinajstić information content (AvgIpc) is 3.36. The maximum absolute atomic E-state index is 14.0. The van der Waals surface area contributed by atoms with E-state index >= 15 is 0 Å². The largest absolute Gasteiger partial charge is 0.497 e. The van der Waals surface area contributed by atoms with E-state index in [4.69, 9.17) is 9.15 Å². The zero-order valence-electron chi connectivity index (χ0n) is 22.1. The number of hydrogen-bond donors (Lipinski definition) is 0. The number of benzene rings is 1. The van der Waals surface area contributed by atoms with Gasteiger partial charge in [-0.15, -0.1) is 11.3 Å². The zero-order chi connectivity index (χ0) is 27.5. The standard InChI is InChI=1S/C27H33N3O6S2/c1-19-25(23(31)18-38(33,34)29(2)3)28-24(37-19)17-30(15-5-7-22-8-6-16-36-22)26(32)27(13-14-27)20-9-11-21(35-4)12-10-20/h6,8-12,16H,5,7,13-15,17-18H2,1-4H3. The molecule has 1 aliphatic carbocycles. The normalized spacial score (nSPS) is 14.4. The molecule has 1 aliphatic rings. The number of furan rings is 1. The summed E-state index contributed by atoms with van der Waals surface area (Å²) in [7, 11) is 0.693. The van der Waals surface area contributed by atoms with Crippen LogP contribution in [0.15, 0.2) is 47.1 Å². The Labute approximate surface area is 227 Å². The van der Waals surface area contributed by atoms with Crippen LogP contribution in [0.3, 0.4) is 0 Å². The van der Waals surface area contributed by atoms with Crippen LogP contribution in [-0.2, 0) is 33.2 Å². The third-order valence-electron chi connectivity index (χ3n) is 6.82. The molecule has 0 saturated heterocycles. The molecule has 0 atom stereocenters. The first kappa shape index (κ1) is 28.0. The van der Waals surface area contributed by atoms with Crippen LogP contribution in [0.4, 0.5) is 0 Å². The molecule has 0 spiro atoms. The number of aromatic nitrogens is 1. The molecule has 204 valence electrons. The van der Waals surface area contributed by atoms with Crippen molar-refractivity contribution in [1.82, 2.24) is 14.2 Å². The molecule has 1 fully saturated rings. The number of ketones is 1. The summed E-state index contributed by atoms with van der Waals surface area (Å²) in [4.78, 5) is 33.7. The van der Waals surface area contributed by atoms with Crippen molar-refractivity contribution in [2.45, 2.75) is 44.6 Å². The highest BCUT2D eigenvalue weighted by atomic mass is 32.2. The molecule has 38 heavy (non-hydrogen) atoms. The van der Waals surface area contributed by atoms with Gasteiger partial charge in [-0.2, -0.15) is 0 Å². The Hall–Kier alpha value is -3.02. The molecule has 0 N–H and O–H groups in total. The lowest BCUT2D eigenvalue weighted by molar-refractivity contribution is -0.134. The van der Waals surface area contributed by atoms with Crippen molar-refractivity contribution in [2.75, 3.05) is 33.5 Å². The Morgan fingerprint density at radius 3 is 2.45 bits per heavy atom. The van der Waals surface area contributed by atoms with Crippen LogP contribution in [0.25, 0.3) is 0 Å². The summed E-state index contributed by atoms with van der Waals surface area (Å²) in [5.41, 5.74) is 0.524. The summed E-state index contributed by atoms with van der Waals surface area (Å²) in [5, 5.41) is 0.602. The maximum Gasteiger partial charge on any atom is 0.233 e. The molecular weight excluding hydrogens is 526 g/mol. The fraction of sp³-hybridized carbons (Fsp3) is 0.444. The topological polar surface area (TPSA) is 110 Å². The van der Waals surface area contributed by atoms with Gasteiger partial charge in [0.1, 0.15) is 28.0 Å². The van der Waals surface area contributed by atoms with E-state index in [0.29, 0.717) is 29.3 Å². The number of carbonyl (C=O) groups excluding carboxylic acids is 2. The lowest BCUT2D eigenvalue weighted by Gasteiger charge is -2.27. The highest BCUT2D eigenvalue weighted by molar-refractivity contribution is 7.89. The van der Waals surface area contributed by atoms with Crippen LogP contribution in [0.2, 0.25) is 0 Å². The summed E-state index contributed by atoms with van der Waals surface area (Å²) in [6.07, 6.45) is 4.55. The van der Waals surface area contributed by atoms with Gasteiger partial charge in [0.25, 0.3) is 0 Å². The summed E-state index contributed by atoms with van der Waals surface area (Å²) in [6, 6.07) is 11.4. The second kappa shape index (κ2) is 11.4. The molecule has 1 amide bonds. The van der Waals surface area contributed by atoms with E-state index in [1.807, 2.05) is 41.3 Å². The summed E-state index contributed by atoms with van der Waals surface area (Å²) in [5.74, 6) is 0.424. The average molecular weight is 560 g/mol. The molecule has 0 radical (unpaired) electrons. The number of amides is 1. The second-order valence-corrected chi connectivity index (χ2v) is 13.2. The minimum atomic E-state index is -3.70. The quantitative estimate of drug-likeness (QED) is 0.293. The van der Waals surface area contributed by atoms with Crippen molar-refractivity contribution >= 4 is 33.1 Å². The second-order valence-electron chi connectivity index (χ2n) is 9.69. The fourth-order valence-corrected chi connectivity index (χ4v) is 6.11. The van der Waals surface area contributed by atoms with E-state index in [0.717, 1.165) is 34.2 Å². The van der Waals surface area contributed by atoms with Crippen molar-refractivity contribution in [3.8, 4) is 5.75 Å². The number of aryl methyl sites for hydroxylation is 2. The number of thiazole rings is 1. The zero-order valence-corrected chi connectivity index (χ0v) is 23.7.